The van der Waals surface area contributed by atoms with Gasteiger partial charge in [0, 0.05) is 20.5 Å². The highest BCUT2D eigenvalue weighted by molar-refractivity contribution is 7.90. The number of ether oxygens (including phenoxy) is 1. The SMILES string of the molecule is C[Si](C)(C)CCS(=O)(=O)NC(=O)[C@H](CCCNC(N)=O)NC(=O)OCC1c2ccccc2-c2ccccc21. The second kappa shape index (κ2) is 12.4. The number of carbonyl (C=O) groups is 3. The summed E-state index contributed by atoms with van der Waals surface area (Å²) >= 11 is 0. The topological polar surface area (TPSA) is 157 Å². The first kappa shape index (κ1) is 29.2. The van der Waals surface area contributed by atoms with Crippen LogP contribution in [0, 0.1) is 0 Å². The van der Waals surface area contributed by atoms with E-state index in [0.717, 1.165) is 22.3 Å². The number of nitrogens with two attached hydrogens (primary N) is 1. The molecule has 0 bridgehead atoms. The summed E-state index contributed by atoms with van der Waals surface area (Å²) in [6.07, 6.45) is -0.492. The molecule has 5 N–H and O–H groups in total. The Morgan fingerprint density at radius 1 is 1.00 bits per heavy atom. The largest absolute Gasteiger partial charge is 0.449 e. The van der Waals surface area contributed by atoms with Gasteiger partial charge in [-0.3, -0.25) is 9.52 Å². The fraction of sp³-hybridized carbons (Fsp3) is 0.423. The van der Waals surface area contributed by atoms with Crippen LogP contribution in [-0.2, 0) is 19.6 Å². The monoisotopic (exact) mass is 560 g/mol. The maximum Gasteiger partial charge on any atom is 0.407 e. The van der Waals surface area contributed by atoms with Crippen molar-refractivity contribution in [3.05, 3.63) is 59.7 Å². The van der Waals surface area contributed by atoms with Gasteiger partial charge in [0.25, 0.3) is 5.91 Å². The van der Waals surface area contributed by atoms with Crippen molar-refractivity contribution < 1.29 is 27.5 Å². The van der Waals surface area contributed by atoms with Crippen molar-refractivity contribution in [3.63, 3.8) is 0 Å². The molecular formula is C26H36N4O6SSi. The van der Waals surface area contributed by atoms with E-state index >= 15 is 0 Å². The maximum absolute atomic E-state index is 12.9. The Balaban J connectivity index is 1.65. The Labute approximate surface area is 224 Å². The van der Waals surface area contributed by atoms with Gasteiger partial charge in [-0.25, -0.2) is 18.0 Å². The van der Waals surface area contributed by atoms with Crippen LogP contribution in [0.3, 0.4) is 0 Å². The number of urea groups is 1. The second-order valence-electron chi connectivity index (χ2n) is 10.6. The number of hydrogen-bond acceptors (Lipinski definition) is 6. The molecule has 2 aromatic rings. The number of hydrogen-bond donors (Lipinski definition) is 4. The van der Waals surface area contributed by atoms with Crippen molar-refractivity contribution in [1.29, 1.82) is 0 Å². The molecule has 0 unspecified atom stereocenters. The average molecular weight is 561 g/mol. The van der Waals surface area contributed by atoms with E-state index in [0.29, 0.717) is 6.04 Å². The van der Waals surface area contributed by atoms with E-state index in [4.69, 9.17) is 10.5 Å². The lowest BCUT2D eigenvalue weighted by Gasteiger charge is -2.20. The molecule has 2 aromatic carbocycles. The summed E-state index contributed by atoms with van der Waals surface area (Å²) in [5.74, 6) is -1.19. The van der Waals surface area contributed by atoms with Crippen molar-refractivity contribution >= 4 is 36.1 Å². The van der Waals surface area contributed by atoms with Gasteiger partial charge in [0.2, 0.25) is 10.0 Å². The molecule has 1 aliphatic rings. The molecule has 0 fully saturated rings. The number of primary amides is 1. The van der Waals surface area contributed by atoms with E-state index in [1.54, 1.807) is 0 Å². The number of nitrogens with one attached hydrogen (secondary N) is 3. The van der Waals surface area contributed by atoms with E-state index < -0.39 is 42.2 Å². The van der Waals surface area contributed by atoms with Gasteiger partial charge in [-0.1, -0.05) is 68.2 Å². The number of fused-ring (bicyclic) bond motifs is 3. The number of carbonyl (C=O) groups excluding carboxylic acids is 3. The third-order valence-corrected chi connectivity index (χ3v) is 9.66. The van der Waals surface area contributed by atoms with E-state index in [9.17, 15) is 22.8 Å². The van der Waals surface area contributed by atoms with Crippen molar-refractivity contribution in [3.8, 4) is 11.1 Å². The van der Waals surface area contributed by atoms with E-state index in [1.165, 1.54) is 0 Å². The Kier molecular flexibility index (Phi) is 9.55. The Hall–Kier alpha value is -3.38. The Morgan fingerprint density at radius 3 is 2.13 bits per heavy atom. The minimum atomic E-state index is -3.88. The highest BCUT2D eigenvalue weighted by Gasteiger charge is 2.30. The lowest BCUT2D eigenvalue weighted by molar-refractivity contribution is -0.121. The normalized spacial score (nSPS) is 13.7. The van der Waals surface area contributed by atoms with Crippen LogP contribution >= 0.6 is 0 Å². The molecule has 1 aliphatic carbocycles. The van der Waals surface area contributed by atoms with Gasteiger partial charge in [0.1, 0.15) is 12.6 Å². The summed E-state index contributed by atoms with van der Waals surface area (Å²) in [7, 11) is -5.53. The number of sulfonamides is 1. The molecular weight excluding hydrogens is 524 g/mol. The second-order valence-corrected chi connectivity index (χ2v) is 18.0. The molecule has 0 aliphatic heterocycles. The standard InChI is InChI=1S/C26H36N4O6SSi/c1-38(2,3)16-15-37(34,35)30-24(31)23(13-8-14-28-25(27)32)29-26(33)36-17-22-20-11-6-4-9-18(20)19-10-5-7-12-21(19)22/h4-7,9-12,22-23H,8,13-17H2,1-3H3,(H,29,33)(H,30,31)(H3,27,28,32)/t23-/m0/s1. The summed E-state index contributed by atoms with van der Waals surface area (Å²) in [6, 6.07) is 14.4. The average Bonchev–Trinajstić information content (AvgIpc) is 3.16. The Bertz CT molecular complexity index is 1230. The zero-order valence-corrected chi connectivity index (χ0v) is 23.8. The van der Waals surface area contributed by atoms with E-state index in [-0.39, 0.29) is 37.7 Å². The van der Waals surface area contributed by atoms with E-state index in [2.05, 4.69) is 15.4 Å². The van der Waals surface area contributed by atoms with Gasteiger partial charge in [0.15, 0.2) is 0 Å². The lowest BCUT2D eigenvalue weighted by atomic mass is 9.98. The minimum Gasteiger partial charge on any atom is -0.449 e. The van der Waals surface area contributed by atoms with Crippen molar-refractivity contribution in [2.45, 2.75) is 50.5 Å². The fourth-order valence-electron chi connectivity index (χ4n) is 4.28. The smallest absolute Gasteiger partial charge is 0.407 e. The number of rotatable bonds is 12. The predicted molar refractivity (Wildman–Crippen MR) is 149 cm³/mol. The van der Waals surface area contributed by atoms with Gasteiger partial charge in [-0.15, -0.1) is 0 Å². The van der Waals surface area contributed by atoms with Crippen LogP contribution in [0.2, 0.25) is 25.7 Å². The first-order valence-corrected chi connectivity index (χ1v) is 17.9. The molecule has 38 heavy (non-hydrogen) atoms. The van der Waals surface area contributed by atoms with Crippen LogP contribution in [0.1, 0.15) is 29.9 Å². The highest BCUT2D eigenvalue weighted by Crippen LogP contribution is 2.44. The molecule has 0 spiro atoms. The molecule has 12 heteroatoms. The van der Waals surface area contributed by atoms with Crippen molar-refractivity contribution in [2.24, 2.45) is 5.73 Å². The quantitative estimate of drug-likeness (QED) is 0.231. The predicted octanol–water partition coefficient (Wildman–Crippen LogP) is 3.13. The summed E-state index contributed by atoms with van der Waals surface area (Å²) in [4.78, 5) is 36.6. The molecule has 0 radical (unpaired) electrons. The summed E-state index contributed by atoms with van der Waals surface area (Å²) in [6.45, 7) is 6.33. The molecule has 3 rings (SSSR count). The van der Waals surface area contributed by atoms with Gasteiger partial charge in [0.05, 0.1) is 5.75 Å². The highest BCUT2D eigenvalue weighted by atomic mass is 32.2. The number of benzene rings is 2. The molecule has 0 aromatic heterocycles. The molecule has 206 valence electrons. The van der Waals surface area contributed by atoms with E-state index in [1.807, 2.05) is 68.2 Å². The van der Waals surface area contributed by atoms with Gasteiger partial charge >= 0.3 is 12.1 Å². The minimum absolute atomic E-state index is 0.0476. The molecule has 0 heterocycles. The van der Waals surface area contributed by atoms with Crippen LogP contribution < -0.4 is 21.1 Å². The van der Waals surface area contributed by atoms with Crippen LogP contribution in [0.5, 0.6) is 0 Å². The molecule has 1 atom stereocenters. The summed E-state index contributed by atoms with van der Waals surface area (Å²) < 4.78 is 32.6. The molecule has 0 saturated carbocycles. The number of amides is 4. The van der Waals surface area contributed by atoms with Crippen LogP contribution in [-0.4, -0.2) is 59.5 Å². The third-order valence-electron chi connectivity index (χ3n) is 6.30. The van der Waals surface area contributed by atoms with Crippen LogP contribution in [0.15, 0.2) is 48.5 Å². The first-order chi connectivity index (χ1) is 17.9. The summed E-state index contributed by atoms with van der Waals surface area (Å²) in [5.41, 5.74) is 9.33. The molecule has 4 amide bonds. The van der Waals surface area contributed by atoms with Crippen molar-refractivity contribution in [1.82, 2.24) is 15.4 Å². The lowest BCUT2D eigenvalue weighted by Crippen LogP contribution is -2.49. The number of alkyl carbamates (subject to hydrolysis) is 1. The molecule has 0 saturated heterocycles. The van der Waals surface area contributed by atoms with Gasteiger partial charge in [-0.2, -0.15) is 0 Å². The van der Waals surface area contributed by atoms with Crippen LogP contribution in [0.25, 0.3) is 11.1 Å². The summed E-state index contributed by atoms with van der Waals surface area (Å²) in [5, 5.41) is 4.91. The Morgan fingerprint density at radius 2 is 1.58 bits per heavy atom. The first-order valence-electron chi connectivity index (χ1n) is 12.6. The zero-order chi connectivity index (χ0) is 27.9. The van der Waals surface area contributed by atoms with Crippen LogP contribution in [0.4, 0.5) is 9.59 Å². The maximum atomic E-state index is 12.9. The van der Waals surface area contributed by atoms with Gasteiger partial charge in [-0.05, 0) is 41.1 Å². The zero-order valence-electron chi connectivity index (χ0n) is 22.0. The van der Waals surface area contributed by atoms with Crippen molar-refractivity contribution in [2.75, 3.05) is 18.9 Å². The fourth-order valence-corrected chi connectivity index (χ4v) is 8.36. The van der Waals surface area contributed by atoms with Gasteiger partial charge < -0.3 is 21.1 Å². The third kappa shape index (κ3) is 8.32. The molecule has 10 nitrogen and oxygen atoms in total.